The van der Waals surface area contributed by atoms with Gasteiger partial charge in [0.1, 0.15) is 0 Å². The third-order valence-corrected chi connectivity index (χ3v) is 0.587. The van der Waals surface area contributed by atoms with Gasteiger partial charge in [-0.1, -0.05) is 0 Å². The van der Waals surface area contributed by atoms with Crippen molar-refractivity contribution in [2.24, 2.45) is 0 Å². The van der Waals surface area contributed by atoms with Crippen LogP contribution < -0.4 is 5.32 Å². The highest BCUT2D eigenvalue weighted by atomic mass is 16.3. The lowest BCUT2D eigenvalue weighted by Crippen LogP contribution is -2.39. The van der Waals surface area contributed by atoms with E-state index in [9.17, 15) is 4.79 Å². The lowest BCUT2D eigenvalue weighted by molar-refractivity contribution is -0.124. The molecule has 0 spiro atoms. The van der Waals surface area contributed by atoms with Crippen molar-refractivity contribution in [3.05, 3.63) is 7.05 Å². The van der Waals surface area contributed by atoms with Gasteiger partial charge in [-0.05, 0) is 6.92 Å². The molecule has 0 amide bonds. The molecule has 7 heavy (non-hydrogen) atoms. The summed E-state index contributed by atoms with van der Waals surface area (Å²) < 4.78 is 0. The zero-order chi connectivity index (χ0) is 5.91. The van der Waals surface area contributed by atoms with Crippen molar-refractivity contribution in [3.63, 3.8) is 0 Å². The predicted molar refractivity (Wildman–Crippen MR) is 25.2 cm³/mol. The van der Waals surface area contributed by atoms with E-state index in [1.807, 2.05) is 0 Å². The van der Waals surface area contributed by atoms with Crippen molar-refractivity contribution < 1.29 is 9.90 Å². The van der Waals surface area contributed by atoms with E-state index in [2.05, 4.69) is 12.4 Å². The Bertz CT molecular complexity index is 70.1. The summed E-state index contributed by atoms with van der Waals surface area (Å²) in [4.78, 5) is 9.71. The zero-order valence-corrected chi connectivity index (χ0v) is 4.14. The van der Waals surface area contributed by atoms with Crippen molar-refractivity contribution in [1.29, 1.82) is 0 Å². The van der Waals surface area contributed by atoms with Crippen molar-refractivity contribution in [2.75, 3.05) is 0 Å². The predicted octanol–water partition coefficient (Wildman–Crippen LogP) is -0.725. The molecule has 0 aliphatic heterocycles. The number of rotatable bonds is 2. The van der Waals surface area contributed by atoms with Crippen LogP contribution in [0.15, 0.2) is 0 Å². The summed E-state index contributed by atoms with van der Waals surface area (Å²) in [5.41, 5.74) is -1.46. The van der Waals surface area contributed by atoms with E-state index in [0.717, 1.165) is 0 Å². The van der Waals surface area contributed by atoms with Crippen LogP contribution in [0, 0.1) is 7.05 Å². The Kier molecular flexibility index (Phi) is 1.92. The number of hydrogen-bond acceptors (Lipinski definition) is 3. The zero-order valence-electron chi connectivity index (χ0n) is 4.14. The normalized spacial score (nSPS) is 18.1. The minimum atomic E-state index is -1.46. The summed E-state index contributed by atoms with van der Waals surface area (Å²) in [6.07, 6.45) is 0.375. The maximum atomic E-state index is 9.71. The van der Waals surface area contributed by atoms with Crippen LogP contribution in [0.3, 0.4) is 0 Å². The second-order valence-corrected chi connectivity index (χ2v) is 1.44. The molecule has 0 bridgehead atoms. The Morgan fingerprint density at radius 2 is 2.43 bits per heavy atom. The molecule has 0 aromatic heterocycles. The fraction of sp³-hybridized carbons (Fsp3) is 0.500. The molecule has 3 nitrogen and oxygen atoms in total. The first-order valence-corrected chi connectivity index (χ1v) is 1.85. The van der Waals surface area contributed by atoms with Crippen LogP contribution in [0.1, 0.15) is 6.92 Å². The Labute approximate surface area is 42.3 Å². The number of hydrogen-bond donors (Lipinski definition) is 2. The van der Waals surface area contributed by atoms with Gasteiger partial charge < -0.3 is 5.11 Å². The van der Waals surface area contributed by atoms with Crippen LogP contribution in [0.4, 0.5) is 0 Å². The highest BCUT2D eigenvalue weighted by molar-refractivity contribution is 5.60. The van der Waals surface area contributed by atoms with Crippen LogP contribution in [0.25, 0.3) is 0 Å². The van der Waals surface area contributed by atoms with Crippen LogP contribution in [-0.4, -0.2) is 17.1 Å². The van der Waals surface area contributed by atoms with Crippen molar-refractivity contribution >= 4 is 6.29 Å². The Morgan fingerprint density at radius 1 is 2.00 bits per heavy atom. The molecule has 0 rings (SSSR count). The van der Waals surface area contributed by atoms with Crippen molar-refractivity contribution in [2.45, 2.75) is 12.6 Å². The summed E-state index contributed by atoms with van der Waals surface area (Å²) in [6.45, 7) is 1.31. The van der Waals surface area contributed by atoms with Gasteiger partial charge in [-0.25, -0.2) is 0 Å². The summed E-state index contributed by atoms with van der Waals surface area (Å²) >= 11 is 0. The number of aldehydes is 1. The number of carbonyl (C=O) groups is 1. The summed E-state index contributed by atoms with van der Waals surface area (Å²) in [6, 6.07) is 0. The Balaban J connectivity index is 3.58. The molecule has 0 fully saturated rings. The minimum Gasteiger partial charge on any atom is -0.369 e. The second-order valence-electron chi connectivity index (χ2n) is 1.44. The van der Waals surface area contributed by atoms with E-state index >= 15 is 0 Å². The van der Waals surface area contributed by atoms with Gasteiger partial charge in [-0.15, -0.1) is 0 Å². The van der Waals surface area contributed by atoms with Gasteiger partial charge in [0.05, 0.1) is 0 Å². The molecular weight excluding hydrogens is 94.0 g/mol. The first-order chi connectivity index (χ1) is 3.12. The molecular formula is C4H8NO2. The van der Waals surface area contributed by atoms with E-state index < -0.39 is 5.72 Å². The van der Waals surface area contributed by atoms with E-state index in [-0.39, 0.29) is 0 Å². The molecule has 1 atom stereocenters. The van der Waals surface area contributed by atoms with Gasteiger partial charge >= 0.3 is 0 Å². The second kappa shape index (κ2) is 2.04. The molecule has 0 aliphatic carbocycles. The average Bonchev–Trinajstić information content (AvgIpc) is 1.68. The highest BCUT2D eigenvalue weighted by Crippen LogP contribution is 1.87. The smallest absolute Gasteiger partial charge is 0.169 e. The SMILES string of the molecule is [CH2]NC(C)(O)C=O. The standard InChI is InChI=1S/C4H8NO2/c1-4(7,3-6)5-2/h3,5,7H,2H2,1H3. The van der Waals surface area contributed by atoms with E-state index in [1.165, 1.54) is 6.92 Å². The van der Waals surface area contributed by atoms with Gasteiger partial charge in [-0.3, -0.25) is 10.1 Å². The van der Waals surface area contributed by atoms with Crippen LogP contribution in [0.2, 0.25) is 0 Å². The van der Waals surface area contributed by atoms with Crippen LogP contribution in [-0.2, 0) is 4.79 Å². The van der Waals surface area contributed by atoms with Gasteiger partial charge in [0.25, 0.3) is 0 Å². The van der Waals surface area contributed by atoms with E-state index in [4.69, 9.17) is 5.11 Å². The minimum absolute atomic E-state index is 0.375. The Hall–Kier alpha value is -0.410. The van der Waals surface area contributed by atoms with Crippen LogP contribution >= 0.6 is 0 Å². The topological polar surface area (TPSA) is 49.3 Å². The van der Waals surface area contributed by atoms with Crippen LogP contribution in [0.5, 0.6) is 0 Å². The van der Waals surface area contributed by atoms with Crippen molar-refractivity contribution in [3.8, 4) is 0 Å². The molecule has 3 heteroatoms. The molecule has 0 heterocycles. The number of carbonyl (C=O) groups excluding carboxylic acids is 1. The van der Waals surface area contributed by atoms with Gasteiger partial charge in [-0.2, -0.15) is 0 Å². The van der Waals surface area contributed by atoms with Gasteiger partial charge in [0.15, 0.2) is 12.0 Å². The molecule has 0 aromatic rings. The first-order valence-electron chi connectivity index (χ1n) is 1.85. The molecule has 0 aliphatic rings. The quantitative estimate of drug-likeness (QED) is 0.357. The number of aliphatic hydroxyl groups is 1. The fourth-order valence-corrected chi connectivity index (χ4v) is 0.0417. The molecule has 0 aromatic carbocycles. The van der Waals surface area contributed by atoms with E-state index in [1.54, 1.807) is 0 Å². The maximum absolute atomic E-state index is 9.71. The Morgan fingerprint density at radius 3 is 2.43 bits per heavy atom. The molecule has 41 valence electrons. The summed E-state index contributed by atoms with van der Waals surface area (Å²) in [7, 11) is 3.10. The summed E-state index contributed by atoms with van der Waals surface area (Å²) in [5.74, 6) is 0. The number of nitrogens with one attached hydrogen (secondary N) is 1. The summed E-state index contributed by atoms with van der Waals surface area (Å²) in [5, 5.41) is 10.7. The lowest BCUT2D eigenvalue weighted by Gasteiger charge is -2.11. The fourth-order valence-electron chi connectivity index (χ4n) is 0.0417. The maximum Gasteiger partial charge on any atom is 0.169 e. The molecule has 0 saturated carbocycles. The third kappa shape index (κ3) is 2.31. The van der Waals surface area contributed by atoms with Crippen molar-refractivity contribution in [1.82, 2.24) is 5.32 Å². The van der Waals surface area contributed by atoms with E-state index in [0.29, 0.717) is 6.29 Å². The highest BCUT2D eigenvalue weighted by Gasteiger charge is 2.13. The lowest BCUT2D eigenvalue weighted by atomic mass is 10.3. The molecule has 2 N–H and O–H groups in total. The monoisotopic (exact) mass is 102 g/mol. The van der Waals surface area contributed by atoms with Gasteiger partial charge in [0.2, 0.25) is 0 Å². The van der Waals surface area contributed by atoms with Gasteiger partial charge in [0, 0.05) is 7.05 Å². The molecule has 1 radical (unpaired) electrons. The third-order valence-electron chi connectivity index (χ3n) is 0.587. The molecule has 1 unspecified atom stereocenters. The largest absolute Gasteiger partial charge is 0.369 e. The molecule has 0 saturated heterocycles. The average molecular weight is 102 g/mol. The first kappa shape index (κ1) is 6.59.